The van der Waals surface area contributed by atoms with E-state index in [9.17, 15) is 19.7 Å². The van der Waals surface area contributed by atoms with Gasteiger partial charge in [-0.1, -0.05) is 71.7 Å². The molecular weight excluding hydrogens is 451 g/mol. The molecule has 7 rings (SSSR count). The van der Waals surface area contributed by atoms with Crippen molar-refractivity contribution in [2.24, 2.45) is 11.8 Å². The van der Waals surface area contributed by atoms with E-state index in [4.69, 9.17) is 23.2 Å². The minimum atomic E-state index is -1.84. The first kappa shape index (κ1) is 19.5. The number of amides is 2. The van der Waals surface area contributed by atoms with Crippen LogP contribution in [0.2, 0.25) is 10.0 Å². The Morgan fingerprint density at radius 3 is 2.00 bits per heavy atom. The second-order valence-corrected chi connectivity index (χ2v) is 9.10. The van der Waals surface area contributed by atoms with Crippen LogP contribution in [-0.2, 0) is 15.1 Å². The van der Waals surface area contributed by atoms with Crippen molar-refractivity contribution in [3.05, 3.63) is 109 Å². The number of hydrogen-bond donors (Lipinski definition) is 0. The van der Waals surface area contributed by atoms with Gasteiger partial charge in [0.2, 0.25) is 11.8 Å². The minimum absolute atomic E-state index is 0.193. The number of nitro groups is 1. The second-order valence-electron chi connectivity index (χ2n) is 8.29. The Morgan fingerprint density at radius 1 is 0.844 bits per heavy atom. The molecule has 6 nitrogen and oxygen atoms in total. The maximum absolute atomic E-state index is 13.8. The van der Waals surface area contributed by atoms with Gasteiger partial charge >= 0.3 is 0 Å². The van der Waals surface area contributed by atoms with Gasteiger partial charge in [0.05, 0.1) is 21.7 Å². The maximum atomic E-state index is 13.8. The Labute approximate surface area is 192 Å². The Hall–Kier alpha value is -3.22. The van der Waals surface area contributed by atoms with E-state index in [0.29, 0.717) is 11.1 Å². The zero-order valence-electron chi connectivity index (χ0n) is 16.4. The topological polar surface area (TPSA) is 80.5 Å². The van der Waals surface area contributed by atoms with Crippen molar-refractivity contribution >= 4 is 40.7 Å². The van der Waals surface area contributed by atoms with Crippen LogP contribution < -0.4 is 4.90 Å². The Bertz CT molecular complexity index is 1320. The van der Waals surface area contributed by atoms with E-state index in [2.05, 4.69) is 0 Å². The highest BCUT2D eigenvalue weighted by atomic mass is 35.5. The van der Waals surface area contributed by atoms with Crippen LogP contribution in [0.15, 0.2) is 66.7 Å². The van der Waals surface area contributed by atoms with Gasteiger partial charge in [0.1, 0.15) is 5.92 Å². The van der Waals surface area contributed by atoms with Gasteiger partial charge in [-0.3, -0.25) is 19.7 Å². The number of hydrogen-bond acceptors (Lipinski definition) is 4. The third-order valence-electron chi connectivity index (χ3n) is 7.02. The fraction of sp³-hybridized carbons (Fsp3) is 0.167. The number of carbonyl (C=O) groups is 2. The highest BCUT2D eigenvalue weighted by molar-refractivity contribution is 6.42. The van der Waals surface area contributed by atoms with Gasteiger partial charge in [-0.25, -0.2) is 4.90 Å². The molecule has 0 unspecified atom stereocenters. The molecule has 2 bridgehead atoms. The largest absolute Gasteiger partial charge is 0.285 e. The van der Waals surface area contributed by atoms with Crippen molar-refractivity contribution in [3.63, 3.8) is 0 Å². The number of imide groups is 1. The highest BCUT2D eigenvalue weighted by Gasteiger charge is 2.74. The number of rotatable bonds is 2. The monoisotopic (exact) mass is 464 g/mol. The SMILES string of the molecule is O=C1[C@H]2C3c4ccccc4C([N+](=O)[O-])(c4ccccc43)[C@H]2C(=O)N1c1ccc(Cl)c(Cl)c1. The first-order chi connectivity index (χ1) is 15.4. The summed E-state index contributed by atoms with van der Waals surface area (Å²) in [7, 11) is 0. The summed E-state index contributed by atoms with van der Waals surface area (Å²) in [6.45, 7) is 0. The van der Waals surface area contributed by atoms with E-state index < -0.39 is 35.1 Å². The number of anilines is 1. The van der Waals surface area contributed by atoms with E-state index in [1.54, 1.807) is 24.3 Å². The molecule has 1 heterocycles. The van der Waals surface area contributed by atoms with E-state index in [0.717, 1.165) is 16.0 Å². The summed E-state index contributed by atoms with van der Waals surface area (Å²) in [5.41, 5.74) is 0.821. The molecule has 3 aromatic carbocycles. The lowest BCUT2D eigenvalue weighted by molar-refractivity contribution is -0.578. The lowest BCUT2D eigenvalue weighted by Gasteiger charge is -2.48. The van der Waals surface area contributed by atoms with Crippen LogP contribution in [0.1, 0.15) is 28.2 Å². The van der Waals surface area contributed by atoms with Gasteiger partial charge in [-0.2, -0.15) is 0 Å². The molecule has 3 aliphatic carbocycles. The predicted molar refractivity (Wildman–Crippen MR) is 118 cm³/mol. The molecule has 4 aliphatic rings. The Balaban J connectivity index is 1.66. The first-order valence-electron chi connectivity index (χ1n) is 10.0. The summed E-state index contributed by atoms with van der Waals surface area (Å²) >= 11 is 12.2. The van der Waals surface area contributed by atoms with Gasteiger partial charge in [-0.05, 0) is 29.3 Å². The zero-order chi connectivity index (χ0) is 22.4. The van der Waals surface area contributed by atoms with Crippen LogP contribution in [-0.4, -0.2) is 16.7 Å². The molecule has 2 amide bonds. The molecule has 1 fully saturated rings. The first-order valence-corrected chi connectivity index (χ1v) is 10.8. The maximum Gasteiger partial charge on any atom is 0.285 e. The lowest BCUT2D eigenvalue weighted by Crippen LogP contribution is -2.57. The standard InChI is InChI=1S/C24H14Cl2N2O4/c25-17-10-9-12(11-18(17)26)27-22(29)20-19-13-5-1-3-7-15(13)24(28(31)32,21(20)23(27)30)16-8-4-2-6-14(16)19/h1-11,19-21H/t19?,20-,21+,24?/m0/s1. The Morgan fingerprint density at radius 2 is 1.44 bits per heavy atom. The fourth-order valence-electron chi connectivity index (χ4n) is 5.92. The second kappa shape index (κ2) is 6.40. The molecular formula is C24H14Cl2N2O4. The summed E-state index contributed by atoms with van der Waals surface area (Å²) < 4.78 is 0. The normalized spacial score (nSPS) is 27.2. The summed E-state index contributed by atoms with van der Waals surface area (Å²) in [5.74, 6) is -3.54. The summed E-state index contributed by atoms with van der Waals surface area (Å²) in [6, 6.07) is 18.6. The van der Waals surface area contributed by atoms with Gasteiger partial charge < -0.3 is 0 Å². The summed E-state index contributed by atoms with van der Waals surface area (Å²) in [5, 5.41) is 13.4. The van der Waals surface area contributed by atoms with Crippen molar-refractivity contribution in [2.75, 3.05) is 4.90 Å². The average molecular weight is 465 g/mol. The number of benzene rings is 3. The lowest BCUT2D eigenvalue weighted by atomic mass is 9.51. The molecule has 3 aromatic rings. The minimum Gasteiger partial charge on any atom is -0.274 e. The van der Waals surface area contributed by atoms with Gasteiger partial charge in [0.15, 0.2) is 0 Å². The van der Waals surface area contributed by atoms with Gasteiger partial charge in [0.25, 0.3) is 5.54 Å². The number of carbonyl (C=O) groups excluding carboxylic acids is 2. The fourth-order valence-corrected chi connectivity index (χ4v) is 6.21. The molecule has 158 valence electrons. The molecule has 0 spiro atoms. The highest BCUT2D eigenvalue weighted by Crippen LogP contribution is 2.64. The van der Waals surface area contributed by atoms with Crippen molar-refractivity contribution in [1.82, 2.24) is 0 Å². The van der Waals surface area contributed by atoms with Crippen molar-refractivity contribution in [3.8, 4) is 0 Å². The quantitative estimate of drug-likeness (QED) is 0.310. The van der Waals surface area contributed by atoms with Crippen LogP contribution in [0.25, 0.3) is 0 Å². The molecule has 1 aliphatic heterocycles. The number of halogens is 2. The van der Waals surface area contributed by atoms with E-state index >= 15 is 0 Å². The van der Waals surface area contributed by atoms with Crippen LogP contribution in [0.5, 0.6) is 0 Å². The molecule has 0 N–H and O–H groups in total. The van der Waals surface area contributed by atoms with Crippen molar-refractivity contribution in [2.45, 2.75) is 11.5 Å². The summed E-state index contributed by atoms with van der Waals surface area (Å²) in [6.07, 6.45) is 0. The molecule has 1 saturated heterocycles. The third kappa shape index (κ3) is 2.11. The van der Waals surface area contributed by atoms with Gasteiger partial charge in [-0.15, -0.1) is 0 Å². The van der Waals surface area contributed by atoms with E-state index in [1.165, 1.54) is 18.2 Å². The van der Waals surface area contributed by atoms with E-state index in [-0.39, 0.29) is 20.7 Å². The van der Waals surface area contributed by atoms with E-state index in [1.807, 2.05) is 24.3 Å². The third-order valence-corrected chi connectivity index (χ3v) is 7.76. The van der Waals surface area contributed by atoms with Crippen LogP contribution in [0, 0.1) is 22.0 Å². The molecule has 0 saturated carbocycles. The van der Waals surface area contributed by atoms with Crippen molar-refractivity contribution in [1.29, 1.82) is 0 Å². The average Bonchev–Trinajstić information content (AvgIpc) is 3.06. The molecule has 8 heteroatoms. The molecule has 32 heavy (non-hydrogen) atoms. The van der Waals surface area contributed by atoms with Gasteiger partial charge in [0, 0.05) is 22.0 Å². The van der Waals surface area contributed by atoms with Crippen LogP contribution >= 0.6 is 23.2 Å². The number of nitrogens with zero attached hydrogens (tertiary/aromatic N) is 2. The smallest absolute Gasteiger partial charge is 0.274 e. The van der Waals surface area contributed by atoms with Crippen LogP contribution in [0.3, 0.4) is 0 Å². The summed E-state index contributed by atoms with van der Waals surface area (Å²) in [4.78, 5) is 41.1. The molecule has 0 aromatic heterocycles. The zero-order valence-corrected chi connectivity index (χ0v) is 17.9. The Kier molecular flexibility index (Phi) is 3.89. The molecule has 2 atom stereocenters. The predicted octanol–water partition coefficient (Wildman–Crippen LogP) is 4.78. The van der Waals surface area contributed by atoms with Crippen LogP contribution in [0.4, 0.5) is 5.69 Å². The molecule has 0 radical (unpaired) electrons. The van der Waals surface area contributed by atoms with Crippen molar-refractivity contribution < 1.29 is 14.5 Å².